The van der Waals surface area contributed by atoms with E-state index in [2.05, 4.69) is 4.90 Å². The molecule has 216 valence electrons. The van der Waals surface area contributed by atoms with Crippen LogP contribution in [0.1, 0.15) is 62.6 Å². The monoisotopic (exact) mass is 555 g/mol. The highest BCUT2D eigenvalue weighted by Crippen LogP contribution is 2.39. The van der Waals surface area contributed by atoms with Crippen molar-refractivity contribution in [3.05, 3.63) is 71.0 Å². The zero-order valence-corrected chi connectivity index (χ0v) is 23.6. The molecule has 0 bridgehead atoms. The van der Waals surface area contributed by atoms with Gasteiger partial charge in [0.25, 0.3) is 5.92 Å². The first-order valence-electron chi connectivity index (χ1n) is 14.2. The van der Waals surface area contributed by atoms with Crippen LogP contribution in [-0.2, 0) is 11.2 Å². The summed E-state index contributed by atoms with van der Waals surface area (Å²) in [6.45, 7) is 9.08. The predicted octanol–water partition coefficient (Wildman–Crippen LogP) is 6.19. The molecule has 40 heavy (non-hydrogen) atoms. The fourth-order valence-electron chi connectivity index (χ4n) is 6.68. The predicted molar refractivity (Wildman–Crippen MR) is 149 cm³/mol. The van der Waals surface area contributed by atoms with Gasteiger partial charge < -0.3 is 10.0 Å². The number of hydrogen-bond acceptors (Lipinski definition) is 4. The molecule has 0 aliphatic carbocycles. The molecule has 2 aromatic rings. The third-order valence-electron chi connectivity index (χ3n) is 8.50. The van der Waals surface area contributed by atoms with Crippen LogP contribution in [-0.4, -0.2) is 65.6 Å². The number of likely N-dealkylation sites (tertiary alicyclic amines) is 2. The number of carboxylic acid groups (broad SMARTS) is 1. The highest BCUT2D eigenvalue weighted by molar-refractivity contribution is 5.74. The van der Waals surface area contributed by atoms with Crippen LogP contribution in [0.15, 0.2) is 48.5 Å². The van der Waals surface area contributed by atoms with Crippen LogP contribution in [0.3, 0.4) is 0 Å². The molecule has 0 amide bonds. The fourth-order valence-corrected chi connectivity index (χ4v) is 6.68. The third kappa shape index (κ3) is 7.64. The van der Waals surface area contributed by atoms with Crippen LogP contribution in [0.5, 0.6) is 0 Å². The Bertz CT molecular complexity index is 1200. The zero-order valence-electron chi connectivity index (χ0n) is 23.6. The first kappa shape index (κ1) is 30.1. The minimum absolute atomic E-state index is 0.00521. The average molecular weight is 556 g/mol. The number of carbonyl (C=O) groups is 1. The van der Waals surface area contributed by atoms with Crippen molar-refractivity contribution < 1.29 is 23.1 Å². The zero-order chi connectivity index (χ0) is 29.1. The van der Waals surface area contributed by atoms with Crippen molar-refractivity contribution >= 4 is 5.97 Å². The maximum atomic E-state index is 14.9. The summed E-state index contributed by atoms with van der Waals surface area (Å²) in [5.41, 5.74) is 1.41. The molecule has 8 heteroatoms. The lowest BCUT2D eigenvalue weighted by atomic mass is 9.85. The van der Waals surface area contributed by atoms with Crippen molar-refractivity contribution in [1.82, 2.24) is 9.80 Å². The van der Waals surface area contributed by atoms with Crippen LogP contribution in [0.2, 0.25) is 0 Å². The van der Waals surface area contributed by atoms with E-state index in [0.717, 1.165) is 12.1 Å². The molecule has 2 heterocycles. The Labute approximate surface area is 235 Å². The van der Waals surface area contributed by atoms with Gasteiger partial charge in [0.15, 0.2) is 0 Å². The third-order valence-corrected chi connectivity index (χ3v) is 8.50. The molecule has 4 rings (SSSR count). The number of benzene rings is 2. The van der Waals surface area contributed by atoms with Crippen LogP contribution in [0.25, 0.3) is 0 Å². The van der Waals surface area contributed by atoms with Crippen molar-refractivity contribution in [2.24, 2.45) is 17.3 Å². The summed E-state index contributed by atoms with van der Waals surface area (Å²) in [4.78, 5) is 16.6. The SMILES string of the molecule is CC(C)(C)[C@H](C(=O)O)N1C[C@H](CN2CCC(CC(F)(F)Cc3ccc(C#N)cc3)CC2)[C@@H](c2cccc(F)c2)C1. The van der Waals surface area contributed by atoms with Gasteiger partial charge in [-0.3, -0.25) is 9.69 Å². The molecule has 0 radical (unpaired) electrons. The van der Waals surface area contributed by atoms with Gasteiger partial charge in [0, 0.05) is 38.4 Å². The summed E-state index contributed by atoms with van der Waals surface area (Å²) in [6.07, 6.45) is 0.883. The van der Waals surface area contributed by atoms with Gasteiger partial charge in [0.2, 0.25) is 0 Å². The number of halogens is 3. The second-order valence-electron chi connectivity index (χ2n) is 12.8. The molecule has 0 saturated carbocycles. The quantitative estimate of drug-likeness (QED) is 0.400. The molecule has 3 atom stereocenters. The van der Waals surface area contributed by atoms with Gasteiger partial charge >= 0.3 is 5.97 Å². The standard InChI is InChI=1S/C32H40F3N3O2/c1-31(2,3)29(30(39)40)38-20-26(28(21-38)25-5-4-6-27(33)15-25)19-37-13-11-23(12-14-37)17-32(34,35)16-22-7-9-24(18-36)10-8-22/h4-10,15,23,26,28-29H,11-14,16-17,19-21H2,1-3H3,(H,39,40)/t26-,28+,29-/m0/s1. The number of carboxylic acids is 1. The number of aliphatic carboxylic acids is 1. The van der Waals surface area contributed by atoms with Crippen molar-refractivity contribution in [3.63, 3.8) is 0 Å². The smallest absolute Gasteiger partial charge is 0.321 e. The number of nitriles is 1. The molecular weight excluding hydrogens is 515 g/mol. The Kier molecular flexibility index (Phi) is 9.26. The van der Waals surface area contributed by atoms with Crippen LogP contribution >= 0.6 is 0 Å². The molecule has 0 unspecified atom stereocenters. The summed E-state index contributed by atoms with van der Waals surface area (Å²) in [5.74, 6) is -3.93. The lowest BCUT2D eigenvalue weighted by Crippen LogP contribution is -2.48. The van der Waals surface area contributed by atoms with Crippen molar-refractivity contribution in [2.45, 2.75) is 64.3 Å². The van der Waals surface area contributed by atoms with Crippen LogP contribution in [0.4, 0.5) is 13.2 Å². The maximum Gasteiger partial charge on any atom is 0.321 e. The number of nitrogens with zero attached hydrogens (tertiary/aromatic N) is 3. The van der Waals surface area contributed by atoms with Gasteiger partial charge in [-0.05, 0) is 78.6 Å². The summed E-state index contributed by atoms with van der Waals surface area (Å²) in [7, 11) is 0. The molecule has 1 N–H and O–H groups in total. The molecule has 0 spiro atoms. The van der Waals surface area contributed by atoms with E-state index in [1.807, 2.05) is 37.8 Å². The molecule has 5 nitrogen and oxygen atoms in total. The van der Waals surface area contributed by atoms with Gasteiger partial charge in [-0.1, -0.05) is 45.0 Å². The van der Waals surface area contributed by atoms with E-state index in [1.54, 1.807) is 36.4 Å². The van der Waals surface area contributed by atoms with Crippen molar-refractivity contribution in [2.75, 3.05) is 32.7 Å². The Morgan fingerprint density at radius 1 is 1.10 bits per heavy atom. The van der Waals surface area contributed by atoms with E-state index < -0.39 is 23.3 Å². The summed E-state index contributed by atoms with van der Waals surface area (Å²) in [5, 5.41) is 19.0. The number of piperidine rings is 1. The van der Waals surface area contributed by atoms with Gasteiger partial charge in [-0.25, -0.2) is 13.2 Å². The second kappa shape index (κ2) is 12.3. The summed E-state index contributed by atoms with van der Waals surface area (Å²) in [6, 6.07) is 14.3. The first-order chi connectivity index (χ1) is 18.8. The Hall–Kier alpha value is -2.89. The normalized spacial score (nSPS) is 22.2. The van der Waals surface area contributed by atoms with Gasteiger partial charge in [0.05, 0.1) is 11.6 Å². The summed E-state index contributed by atoms with van der Waals surface area (Å²) < 4.78 is 43.9. The minimum atomic E-state index is -2.81. The average Bonchev–Trinajstić information content (AvgIpc) is 3.26. The van der Waals surface area contributed by atoms with Gasteiger partial charge in [-0.2, -0.15) is 5.26 Å². The fraction of sp³-hybridized carbons (Fsp3) is 0.562. The lowest BCUT2D eigenvalue weighted by molar-refractivity contribution is -0.147. The molecule has 2 fully saturated rings. The maximum absolute atomic E-state index is 14.9. The molecule has 2 saturated heterocycles. The topological polar surface area (TPSA) is 67.6 Å². The molecule has 2 aromatic carbocycles. The Morgan fingerprint density at radius 3 is 2.35 bits per heavy atom. The summed E-state index contributed by atoms with van der Waals surface area (Å²) >= 11 is 0. The first-order valence-corrected chi connectivity index (χ1v) is 14.2. The highest BCUT2D eigenvalue weighted by atomic mass is 19.3. The minimum Gasteiger partial charge on any atom is -0.480 e. The number of hydrogen-bond donors (Lipinski definition) is 1. The van der Waals surface area contributed by atoms with Crippen LogP contribution < -0.4 is 0 Å². The molecular formula is C32H40F3N3O2. The second-order valence-corrected chi connectivity index (χ2v) is 12.8. The van der Waals surface area contributed by atoms with Crippen LogP contribution in [0, 0.1) is 34.4 Å². The van der Waals surface area contributed by atoms with Gasteiger partial charge in [0.1, 0.15) is 11.9 Å². The van der Waals surface area contributed by atoms with E-state index >= 15 is 0 Å². The lowest BCUT2D eigenvalue weighted by Gasteiger charge is -2.36. The number of alkyl halides is 2. The Morgan fingerprint density at radius 2 is 1.77 bits per heavy atom. The van der Waals surface area contributed by atoms with Crippen molar-refractivity contribution in [1.29, 1.82) is 5.26 Å². The van der Waals surface area contributed by atoms with E-state index in [-0.39, 0.29) is 36.4 Å². The van der Waals surface area contributed by atoms with Gasteiger partial charge in [-0.15, -0.1) is 0 Å². The Balaban J connectivity index is 1.38. The largest absolute Gasteiger partial charge is 0.480 e. The van der Waals surface area contributed by atoms with E-state index in [0.29, 0.717) is 50.1 Å². The molecule has 2 aliphatic heterocycles. The molecule has 0 aromatic heterocycles. The van der Waals surface area contributed by atoms with E-state index in [1.165, 1.54) is 6.07 Å². The van der Waals surface area contributed by atoms with E-state index in [9.17, 15) is 23.1 Å². The van der Waals surface area contributed by atoms with E-state index in [4.69, 9.17) is 5.26 Å². The highest BCUT2D eigenvalue weighted by Gasteiger charge is 2.44. The molecule has 2 aliphatic rings. The number of rotatable bonds is 9. The van der Waals surface area contributed by atoms with Crippen molar-refractivity contribution in [3.8, 4) is 6.07 Å².